The Bertz CT molecular complexity index is 1200. The molecule has 1 aromatic heterocycles. The standard InChI is InChI=1S/C25H24FN3O3/c26-17-6-8-18(9-7-17)27-24(30)21-4-2-12-29(25(21)31)23-11-10-20-19(23)3-1-5-22(20)28-13-15-32-16-14-28/h1-9,12,23H,10-11,13-16H2,(H,27,30). The maximum absolute atomic E-state index is 13.3. The van der Waals surface area contributed by atoms with Gasteiger partial charge in [0, 0.05) is 30.7 Å². The Kier molecular flexibility index (Phi) is 5.49. The molecule has 2 heterocycles. The third kappa shape index (κ3) is 3.80. The first-order chi connectivity index (χ1) is 15.6. The SMILES string of the molecule is O=C(Nc1ccc(F)cc1)c1cccn(C2CCc3c2cccc3N2CCOCC2)c1=O. The number of hydrogen-bond donors (Lipinski definition) is 1. The number of amides is 1. The van der Waals surface area contributed by atoms with E-state index in [4.69, 9.17) is 4.74 Å². The second kappa shape index (κ2) is 8.59. The number of aromatic nitrogens is 1. The summed E-state index contributed by atoms with van der Waals surface area (Å²) in [6.45, 7) is 3.16. The molecule has 1 aliphatic carbocycles. The van der Waals surface area contributed by atoms with Crippen molar-refractivity contribution in [3.05, 3.63) is 93.7 Å². The number of benzene rings is 2. The first-order valence-electron chi connectivity index (χ1n) is 10.8. The first kappa shape index (κ1) is 20.5. The minimum absolute atomic E-state index is 0.0645. The van der Waals surface area contributed by atoms with Gasteiger partial charge in [0.15, 0.2) is 0 Å². The van der Waals surface area contributed by atoms with Crippen molar-refractivity contribution in [2.45, 2.75) is 18.9 Å². The van der Waals surface area contributed by atoms with E-state index in [0.29, 0.717) is 5.69 Å². The summed E-state index contributed by atoms with van der Waals surface area (Å²) in [6, 6.07) is 14.9. The molecule has 2 aliphatic rings. The Hall–Kier alpha value is -3.45. The number of halogens is 1. The van der Waals surface area contributed by atoms with Gasteiger partial charge in [-0.3, -0.25) is 9.59 Å². The van der Waals surface area contributed by atoms with Crippen molar-refractivity contribution in [3.8, 4) is 0 Å². The van der Waals surface area contributed by atoms with Crippen molar-refractivity contribution in [3.63, 3.8) is 0 Å². The molecule has 0 bridgehead atoms. The normalized spacial score (nSPS) is 17.8. The molecule has 1 fully saturated rings. The molecule has 3 aromatic rings. The molecule has 1 N–H and O–H groups in total. The zero-order chi connectivity index (χ0) is 22.1. The molecule has 164 valence electrons. The number of ether oxygens (including phenoxy) is 1. The van der Waals surface area contributed by atoms with Crippen LogP contribution in [0.3, 0.4) is 0 Å². The number of pyridine rings is 1. The molecule has 1 unspecified atom stereocenters. The molecule has 7 heteroatoms. The summed E-state index contributed by atoms with van der Waals surface area (Å²) < 4.78 is 20.3. The minimum atomic E-state index is -0.503. The predicted octanol–water partition coefficient (Wildman–Crippen LogP) is 3.61. The van der Waals surface area contributed by atoms with Gasteiger partial charge in [-0.1, -0.05) is 12.1 Å². The van der Waals surface area contributed by atoms with E-state index in [9.17, 15) is 14.0 Å². The van der Waals surface area contributed by atoms with Gasteiger partial charge in [-0.15, -0.1) is 0 Å². The van der Waals surface area contributed by atoms with Crippen molar-refractivity contribution in [1.29, 1.82) is 0 Å². The van der Waals surface area contributed by atoms with Crippen LogP contribution in [0, 0.1) is 5.82 Å². The van der Waals surface area contributed by atoms with E-state index in [0.717, 1.165) is 44.7 Å². The summed E-state index contributed by atoms with van der Waals surface area (Å²) in [7, 11) is 0. The molecular weight excluding hydrogens is 409 g/mol. The molecule has 1 amide bonds. The van der Waals surface area contributed by atoms with Crippen LogP contribution in [0.25, 0.3) is 0 Å². The highest BCUT2D eigenvalue weighted by molar-refractivity contribution is 6.03. The summed E-state index contributed by atoms with van der Waals surface area (Å²) in [5, 5.41) is 2.68. The highest BCUT2D eigenvalue weighted by Crippen LogP contribution is 2.39. The highest BCUT2D eigenvalue weighted by Gasteiger charge is 2.29. The van der Waals surface area contributed by atoms with Gasteiger partial charge in [0.05, 0.1) is 19.3 Å². The molecule has 1 saturated heterocycles. The fourth-order valence-corrected chi connectivity index (χ4v) is 4.66. The van der Waals surface area contributed by atoms with Crippen LogP contribution in [-0.2, 0) is 11.2 Å². The fraction of sp³-hybridized carbons (Fsp3) is 0.280. The summed E-state index contributed by atoms with van der Waals surface area (Å²) in [5.74, 6) is -0.891. The van der Waals surface area contributed by atoms with Gasteiger partial charge < -0.3 is 19.5 Å². The number of rotatable bonds is 4. The summed E-state index contributed by atoms with van der Waals surface area (Å²) in [5.41, 5.74) is 3.79. The topological polar surface area (TPSA) is 63.6 Å². The van der Waals surface area contributed by atoms with E-state index in [1.54, 1.807) is 16.8 Å². The number of anilines is 2. The summed E-state index contributed by atoms with van der Waals surface area (Å²) in [6.07, 6.45) is 3.43. The number of carbonyl (C=O) groups is 1. The number of morpholine rings is 1. The van der Waals surface area contributed by atoms with E-state index in [1.165, 1.54) is 41.6 Å². The van der Waals surface area contributed by atoms with Gasteiger partial charge in [0.2, 0.25) is 0 Å². The van der Waals surface area contributed by atoms with E-state index < -0.39 is 5.91 Å². The van der Waals surface area contributed by atoms with Gasteiger partial charge in [0.1, 0.15) is 11.4 Å². The maximum Gasteiger partial charge on any atom is 0.263 e. The Morgan fingerprint density at radius 3 is 2.59 bits per heavy atom. The molecule has 0 saturated carbocycles. The zero-order valence-corrected chi connectivity index (χ0v) is 17.6. The van der Waals surface area contributed by atoms with E-state index in [1.807, 2.05) is 6.07 Å². The molecule has 0 radical (unpaired) electrons. The Balaban J connectivity index is 1.44. The molecule has 32 heavy (non-hydrogen) atoms. The van der Waals surface area contributed by atoms with Crippen molar-refractivity contribution in [1.82, 2.24) is 4.57 Å². The number of nitrogens with zero attached hydrogens (tertiary/aromatic N) is 2. The smallest absolute Gasteiger partial charge is 0.263 e. The van der Waals surface area contributed by atoms with Crippen molar-refractivity contribution in [2.24, 2.45) is 0 Å². The van der Waals surface area contributed by atoms with Crippen LogP contribution in [0.5, 0.6) is 0 Å². The monoisotopic (exact) mass is 433 g/mol. The molecule has 1 aliphatic heterocycles. The maximum atomic E-state index is 13.3. The van der Waals surface area contributed by atoms with Crippen LogP contribution < -0.4 is 15.8 Å². The lowest BCUT2D eigenvalue weighted by Crippen LogP contribution is -2.36. The van der Waals surface area contributed by atoms with Crippen LogP contribution in [0.4, 0.5) is 15.8 Å². The molecule has 2 aromatic carbocycles. The number of fused-ring (bicyclic) bond motifs is 1. The highest BCUT2D eigenvalue weighted by atomic mass is 19.1. The fourth-order valence-electron chi connectivity index (χ4n) is 4.66. The first-order valence-corrected chi connectivity index (χ1v) is 10.8. The summed E-state index contributed by atoms with van der Waals surface area (Å²) >= 11 is 0. The van der Waals surface area contributed by atoms with Crippen molar-refractivity contribution in [2.75, 3.05) is 36.5 Å². The lowest BCUT2D eigenvalue weighted by molar-refractivity contribution is 0.102. The van der Waals surface area contributed by atoms with Gasteiger partial charge in [-0.25, -0.2) is 4.39 Å². The van der Waals surface area contributed by atoms with Gasteiger partial charge >= 0.3 is 0 Å². The van der Waals surface area contributed by atoms with Crippen LogP contribution in [-0.4, -0.2) is 36.8 Å². The Labute approximate surface area is 185 Å². The van der Waals surface area contributed by atoms with E-state index >= 15 is 0 Å². The zero-order valence-electron chi connectivity index (χ0n) is 17.6. The average Bonchev–Trinajstić information content (AvgIpc) is 3.25. The van der Waals surface area contributed by atoms with Crippen LogP contribution >= 0.6 is 0 Å². The largest absolute Gasteiger partial charge is 0.378 e. The molecule has 6 nitrogen and oxygen atoms in total. The van der Waals surface area contributed by atoms with E-state index in [-0.39, 0.29) is 23.0 Å². The molecular formula is C25H24FN3O3. The predicted molar refractivity (Wildman–Crippen MR) is 121 cm³/mol. The second-order valence-corrected chi connectivity index (χ2v) is 8.09. The Morgan fingerprint density at radius 2 is 1.81 bits per heavy atom. The van der Waals surface area contributed by atoms with Gasteiger partial charge in [-0.2, -0.15) is 0 Å². The quantitative estimate of drug-likeness (QED) is 0.683. The second-order valence-electron chi connectivity index (χ2n) is 8.09. The number of hydrogen-bond acceptors (Lipinski definition) is 4. The average molecular weight is 433 g/mol. The van der Waals surface area contributed by atoms with Gasteiger partial charge in [-0.05, 0) is 66.4 Å². The molecule has 1 atom stereocenters. The molecule has 0 spiro atoms. The van der Waals surface area contributed by atoms with E-state index in [2.05, 4.69) is 22.3 Å². The Morgan fingerprint density at radius 1 is 1.03 bits per heavy atom. The van der Waals surface area contributed by atoms with Crippen LogP contribution in [0.2, 0.25) is 0 Å². The minimum Gasteiger partial charge on any atom is -0.378 e. The van der Waals surface area contributed by atoms with Crippen molar-refractivity contribution >= 4 is 17.3 Å². The third-order valence-electron chi connectivity index (χ3n) is 6.22. The van der Waals surface area contributed by atoms with Gasteiger partial charge in [0.25, 0.3) is 11.5 Å². The third-order valence-corrected chi connectivity index (χ3v) is 6.22. The van der Waals surface area contributed by atoms with Crippen LogP contribution in [0.1, 0.15) is 33.9 Å². The lowest BCUT2D eigenvalue weighted by Gasteiger charge is -2.30. The molecule has 5 rings (SSSR count). The number of nitrogens with one attached hydrogen (secondary N) is 1. The number of carbonyl (C=O) groups excluding carboxylic acids is 1. The lowest BCUT2D eigenvalue weighted by atomic mass is 10.0. The summed E-state index contributed by atoms with van der Waals surface area (Å²) in [4.78, 5) is 28.4. The van der Waals surface area contributed by atoms with Crippen LogP contribution in [0.15, 0.2) is 65.6 Å². The van der Waals surface area contributed by atoms with Crippen molar-refractivity contribution < 1.29 is 13.9 Å².